The molecule has 32 heavy (non-hydrogen) atoms. The van der Waals surface area contributed by atoms with Crippen LogP contribution in [0.1, 0.15) is 18.9 Å². The van der Waals surface area contributed by atoms with Gasteiger partial charge < -0.3 is 20.9 Å². The lowest BCUT2D eigenvalue weighted by Gasteiger charge is -2.20. The maximum atomic E-state index is 13.7. The van der Waals surface area contributed by atoms with Crippen molar-refractivity contribution in [3.05, 3.63) is 59.4 Å². The molecular weight excluding hydrogens is 534 g/mol. The molecule has 2 aromatic carbocycles. The average Bonchev–Trinajstić information content (AvgIpc) is 3.21. The summed E-state index contributed by atoms with van der Waals surface area (Å²) >= 11 is 0. The highest BCUT2D eigenvalue weighted by Crippen LogP contribution is 2.21. The number of rotatable bonds is 6. The van der Waals surface area contributed by atoms with Crippen LogP contribution in [0.2, 0.25) is 0 Å². The van der Waals surface area contributed by atoms with Crippen LogP contribution in [0.4, 0.5) is 24.5 Å². The quantitative estimate of drug-likeness (QED) is 0.217. The van der Waals surface area contributed by atoms with Crippen molar-refractivity contribution in [3.8, 4) is 0 Å². The number of nitrogens with zero attached hydrogens (tertiary/aromatic N) is 2. The number of amides is 1. The van der Waals surface area contributed by atoms with Crippen LogP contribution in [-0.2, 0) is 4.79 Å². The van der Waals surface area contributed by atoms with E-state index < -0.39 is 29.0 Å². The molecule has 6 nitrogen and oxygen atoms in total. The summed E-state index contributed by atoms with van der Waals surface area (Å²) in [6.07, 6.45) is 0.907. The molecule has 0 aromatic heterocycles. The van der Waals surface area contributed by atoms with E-state index in [1.807, 2.05) is 13.8 Å². The lowest BCUT2D eigenvalue weighted by molar-refractivity contribution is -0.114. The van der Waals surface area contributed by atoms with Crippen LogP contribution in [-0.4, -0.2) is 44.1 Å². The first-order chi connectivity index (χ1) is 14.9. The summed E-state index contributed by atoms with van der Waals surface area (Å²) in [5.41, 5.74) is 1.94. The fraction of sp³-hybridized carbons (Fsp3) is 0.364. The van der Waals surface area contributed by atoms with E-state index in [4.69, 9.17) is 0 Å². The summed E-state index contributed by atoms with van der Waals surface area (Å²) in [6.45, 7) is 5.94. The Morgan fingerprint density at radius 1 is 1.12 bits per heavy atom. The first-order valence-electron chi connectivity index (χ1n) is 10.2. The third-order valence-electron chi connectivity index (χ3n) is 4.96. The molecule has 1 aliphatic heterocycles. The molecule has 1 aliphatic rings. The van der Waals surface area contributed by atoms with Gasteiger partial charge in [0.1, 0.15) is 6.54 Å². The summed E-state index contributed by atoms with van der Waals surface area (Å²) < 4.78 is 40.0. The van der Waals surface area contributed by atoms with Gasteiger partial charge in [-0.2, -0.15) is 0 Å². The van der Waals surface area contributed by atoms with Crippen LogP contribution in [0.3, 0.4) is 0 Å². The second-order valence-electron chi connectivity index (χ2n) is 7.38. The van der Waals surface area contributed by atoms with Crippen molar-refractivity contribution in [2.24, 2.45) is 4.99 Å². The van der Waals surface area contributed by atoms with Gasteiger partial charge in [-0.05, 0) is 44.5 Å². The number of hydrogen-bond donors (Lipinski definition) is 3. The summed E-state index contributed by atoms with van der Waals surface area (Å²) in [6, 6.07) is 10.2. The van der Waals surface area contributed by atoms with Gasteiger partial charge >= 0.3 is 0 Å². The van der Waals surface area contributed by atoms with E-state index in [1.165, 1.54) is 5.56 Å². The van der Waals surface area contributed by atoms with E-state index >= 15 is 0 Å². The molecule has 2 aromatic rings. The molecule has 0 radical (unpaired) electrons. The molecule has 1 heterocycles. The van der Waals surface area contributed by atoms with Gasteiger partial charge in [0.15, 0.2) is 23.4 Å². The van der Waals surface area contributed by atoms with Crippen LogP contribution >= 0.6 is 24.0 Å². The molecule has 1 fully saturated rings. The Morgan fingerprint density at radius 2 is 1.84 bits per heavy atom. The van der Waals surface area contributed by atoms with Gasteiger partial charge in [0.25, 0.3) is 0 Å². The van der Waals surface area contributed by atoms with Gasteiger partial charge in [0.05, 0.1) is 5.69 Å². The van der Waals surface area contributed by atoms with Crippen molar-refractivity contribution in [3.63, 3.8) is 0 Å². The van der Waals surface area contributed by atoms with Crippen molar-refractivity contribution >= 4 is 47.2 Å². The van der Waals surface area contributed by atoms with E-state index in [-0.39, 0.29) is 36.6 Å². The minimum absolute atomic E-state index is 0. The smallest absolute Gasteiger partial charge is 0.246 e. The van der Waals surface area contributed by atoms with Crippen molar-refractivity contribution in [1.82, 2.24) is 10.6 Å². The summed E-state index contributed by atoms with van der Waals surface area (Å²) in [7, 11) is 0. The fourth-order valence-electron chi connectivity index (χ4n) is 3.34. The second kappa shape index (κ2) is 11.9. The number of guanidine groups is 1. The maximum absolute atomic E-state index is 13.7. The normalized spacial score (nSPS) is 15.8. The number of aliphatic imine (C=N–C) groups is 1. The number of aryl methyl sites for hydroxylation is 1. The fourth-order valence-corrected chi connectivity index (χ4v) is 3.34. The maximum Gasteiger partial charge on any atom is 0.246 e. The molecule has 1 atom stereocenters. The summed E-state index contributed by atoms with van der Waals surface area (Å²) in [4.78, 5) is 18.6. The molecule has 174 valence electrons. The number of carbonyl (C=O) groups is 1. The van der Waals surface area contributed by atoms with Crippen LogP contribution in [0.25, 0.3) is 0 Å². The monoisotopic (exact) mass is 561 g/mol. The average molecular weight is 561 g/mol. The van der Waals surface area contributed by atoms with Crippen molar-refractivity contribution in [2.75, 3.05) is 36.4 Å². The Bertz CT molecular complexity index is 955. The van der Waals surface area contributed by atoms with E-state index in [1.54, 1.807) is 0 Å². The van der Waals surface area contributed by atoms with Crippen molar-refractivity contribution in [1.29, 1.82) is 0 Å². The highest BCUT2D eigenvalue weighted by atomic mass is 127. The Hall–Kier alpha value is -2.50. The molecule has 1 saturated heterocycles. The molecule has 0 aliphatic carbocycles. The predicted molar refractivity (Wildman–Crippen MR) is 131 cm³/mol. The second-order valence-corrected chi connectivity index (χ2v) is 7.38. The first-order valence-corrected chi connectivity index (χ1v) is 10.2. The molecule has 10 heteroatoms. The predicted octanol–water partition coefficient (Wildman–Crippen LogP) is 3.80. The van der Waals surface area contributed by atoms with Crippen LogP contribution in [0, 0.1) is 24.4 Å². The molecule has 1 unspecified atom stereocenters. The Morgan fingerprint density at radius 3 is 2.53 bits per heavy atom. The SMILES string of the molecule is CCNC(=NCC(=O)Nc1ccc(F)c(F)c1F)NC1CCN(c2ccc(C)cc2)C1.I. The number of hydrogen-bond acceptors (Lipinski definition) is 3. The van der Waals surface area contributed by atoms with Crippen LogP contribution in [0.15, 0.2) is 41.4 Å². The number of carbonyl (C=O) groups excluding carboxylic acids is 1. The van der Waals surface area contributed by atoms with Gasteiger partial charge in [-0.15, -0.1) is 24.0 Å². The topological polar surface area (TPSA) is 68.8 Å². The van der Waals surface area contributed by atoms with E-state index in [0.717, 1.165) is 37.3 Å². The molecule has 1 amide bonds. The van der Waals surface area contributed by atoms with Gasteiger partial charge in [-0.3, -0.25) is 4.79 Å². The lowest BCUT2D eigenvalue weighted by Crippen LogP contribution is -2.45. The molecule has 3 N–H and O–H groups in total. The molecule has 3 rings (SSSR count). The highest BCUT2D eigenvalue weighted by Gasteiger charge is 2.23. The highest BCUT2D eigenvalue weighted by molar-refractivity contribution is 14.0. The zero-order valence-electron chi connectivity index (χ0n) is 17.9. The van der Waals surface area contributed by atoms with Crippen LogP contribution < -0.4 is 20.9 Å². The molecule has 0 saturated carbocycles. The van der Waals surface area contributed by atoms with Gasteiger partial charge in [-0.25, -0.2) is 18.2 Å². The molecule has 0 bridgehead atoms. The number of halogens is 4. The number of benzene rings is 2. The van der Waals surface area contributed by atoms with Crippen molar-refractivity contribution in [2.45, 2.75) is 26.3 Å². The first kappa shape index (κ1) is 25.8. The van der Waals surface area contributed by atoms with E-state index in [2.05, 4.69) is 50.1 Å². The van der Waals surface area contributed by atoms with E-state index in [0.29, 0.717) is 12.5 Å². The number of anilines is 2. The Labute approximate surface area is 202 Å². The summed E-state index contributed by atoms with van der Waals surface area (Å²) in [5, 5.41) is 8.60. The standard InChI is InChI=1S/C22H26F3N5O.HI/c1-3-26-22(27-12-19(31)29-18-9-8-17(23)20(24)21(18)25)28-15-10-11-30(13-15)16-6-4-14(2)5-7-16;/h4-9,15H,3,10-13H2,1-2H3,(H,29,31)(H2,26,27,28);1H. The Balaban J connectivity index is 0.00000363. The van der Waals surface area contributed by atoms with Gasteiger partial charge in [0.2, 0.25) is 5.91 Å². The largest absolute Gasteiger partial charge is 0.369 e. The molecule has 0 spiro atoms. The minimum atomic E-state index is -1.63. The number of nitrogens with one attached hydrogen (secondary N) is 3. The zero-order valence-corrected chi connectivity index (χ0v) is 20.3. The van der Waals surface area contributed by atoms with Crippen molar-refractivity contribution < 1.29 is 18.0 Å². The van der Waals surface area contributed by atoms with Crippen LogP contribution in [0.5, 0.6) is 0 Å². The summed E-state index contributed by atoms with van der Waals surface area (Å²) in [5.74, 6) is -4.57. The lowest BCUT2D eigenvalue weighted by atomic mass is 10.2. The Kier molecular flexibility index (Phi) is 9.60. The van der Waals surface area contributed by atoms with E-state index in [9.17, 15) is 18.0 Å². The third-order valence-corrected chi connectivity index (χ3v) is 4.96. The molecular formula is C22H27F3IN5O. The van der Waals surface area contributed by atoms with Gasteiger partial charge in [0, 0.05) is 31.4 Å². The third kappa shape index (κ3) is 6.75. The van der Waals surface area contributed by atoms with Gasteiger partial charge in [-0.1, -0.05) is 17.7 Å². The minimum Gasteiger partial charge on any atom is -0.369 e. The zero-order chi connectivity index (χ0) is 22.4.